The van der Waals surface area contributed by atoms with Gasteiger partial charge in [0, 0.05) is 6.42 Å². The minimum absolute atomic E-state index is 0.354. The van der Waals surface area contributed by atoms with Crippen LogP contribution in [0.2, 0.25) is 0 Å². The molecule has 0 spiro atoms. The number of hydrogen-bond donors (Lipinski definition) is 0. The largest absolute Gasteiger partial charge is 0.488 e. The summed E-state index contributed by atoms with van der Waals surface area (Å²) in [7, 11) is 0. The zero-order valence-corrected chi connectivity index (χ0v) is 15.2. The maximum Gasteiger partial charge on any atom is 0.389 e. The van der Waals surface area contributed by atoms with Gasteiger partial charge in [-0.1, -0.05) is 44.0 Å². The van der Waals surface area contributed by atoms with Gasteiger partial charge >= 0.3 is 6.18 Å². The molecule has 0 radical (unpaired) electrons. The van der Waals surface area contributed by atoms with E-state index >= 15 is 0 Å². The molecule has 0 heterocycles. The Bertz CT molecular complexity index is 699. The van der Waals surface area contributed by atoms with Gasteiger partial charge in [-0.3, -0.25) is 0 Å². The first kappa shape index (κ1) is 21.2. The highest BCUT2D eigenvalue weighted by Crippen LogP contribution is 2.30. The van der Waals surface area contributed by atoms with Crippen LogP contribution in [0.3, 0.4) is 0 Å². The molecule has 27 heavy (non-hydrogen) atoms. The van der Waals surface area contributed by atoms with E-state index in [-0.39, 0.29) is 6.42 Å². The van der Waals surface area contributed by atoms with E-state index in [4.69, 9.17) is 4.74 Å². The van der Waals surface area contributed by atoms with Gasteiger partial charge in [0.25, 0.3) is 0 Å². The standard InChI is InChI=1S/C21H23F5O/c1-2-3-4-6-15-7-9-16(10-8-15)17-13-18(22)20(19(23)14-17)27-12-5-11-21(24,25)26/h7-10,13-14H,2-6,11-12H2,1H3. The van der Waals surface area contributed by atoms with Crippen LogP contribution >= 0.6 is 0 Å². The fourth-order valence-electron chi connectivity index (χ4n) is 2.75. The van der Waals surface area contributed by atoms with E-state index in [0.29, 0.717) is 11.1 Å². The van der Waals surface area contributed by atoms with Crippen LogP contribution in [0.15, 0.2) is 36.4 Å². The molecule has 2 rings (SSSR count). The molecule has 2 aromatic rings. The van der Waals surface area contributed by atoms with E-state index in [1.165, 1.54) is 0 Å². The van der Waals surface area contributed by atoms with E-state index in [0.717, 1.165) is 43.4 Å². The summed E-state index contributed by atoms with van der Waals surface area (Å²) in [5.74, 6) is -2.50. The van der Waals surface area contributed by atoms with Gasteiger partial charge in [-0.05, 0) is 48.1 Å². The van der Waals surface area contributed by atoms with E-state index in [1.807, 2.05) is 12.1 Å². The highest BCUT2D eigenvalue weighted by atomic mass is 19.4. The van der Waals surface area contributed by atoms with Crippen LogP contribution in [-0.4, -0.2) is 12.8 Å². The summed E-state index contributed by atoms with van der Waals surface area (Å²) in [6, 6.07) is 9.74. The molecule has 0 aliphatic carbocycles. The van der Waals surface area contributed by atoms with Gasteiger partial charge in [-0.2, -0.15) is 13.2 Å². The maximum absolute atomic E-state index is 14.2. The van der Waals surface area contributed by atoms with E-state index in [9.17, 15) is 22.0 Å². The molecule has 0 saturated carbocycles. The first-order valence-electron chi connectivity index (χ1n) is 9.08. The minimum Gasteiger partial charge on any atom is -0.488 e. The third-order valence-corrected chi connectivity index (χ3v) is 4.21. The predicted molar refractivity (Wildman–Crippen MR) is 95.8 cm³/mol. The third-order valence-electron chi connectivity index (χ3n) is 4.21. The third kappa shape index (κ3) is 6.85. The molecule has 0 aliphatic heterocycles. The molecule has 0 fully saturated rings. The van der Waals surface area contributed by atoms with Crippen LogP contribution in [0.25, 0.3) is 11.1 Å². The molecule has 0 amide bonds. The van der Waals surface area contributed by atoms with E-state index < -0.39 is 36.6 Å². The van der Waals surface area contributed by atoms with Crippen molar-refractivity contribution in [2.24, 2.45) is 0 Å². The summed E-state index contributed by atoms with van der Waals surface area (Å²) in [4.78, 5) is 0. The molecule has 6 heteroatoms. The van der Waals surface area contributed by atoms with Crippen molar-refractivity contribution in [3.05, 3.63) is 53.6 Å². The topological polar surface area (TPSA) is 9.23 Å². The molecule has 0 unspecified atom stereocenters. The smallest absolute Gasteiger partial charge is 0.389 e. The minimum atomic E-state index is -4.31. The molecule has 2 aromatic carbocycles. The summed E-state index contributed by atoms with van der Waals surface area (Å²) in [5, 5.41) is 0. The predicted octanol–water partition coefficient (Wildman–Crippen LogP) is 7.09. The van der Waals surface area contributed by atoms with Crippen LogP contribution in [0.1, 0.15) is 44.6 Å². The average Bonchev–Trinajstić information content (AvgIpc) is 2.60. The van der Waals surface area contributed by atoms with E-state index in [2.05, 4.69) is 6.92 Å². The highest BCUT2D eigenvalue weighted by molar-refractivity contribution is 5.65. The number of unbranched alkanes of at least 4 members (excludes halogenated alkanes) is 2. The van der Waals surface area contributed by atoms with Gasteiger partial charge in [0.1, 0.15) is 0 Å². The van der Waals surface area contributed by atoms with Crippen LogP contribution in [-0.2, 0) is 6.42 Å². The molecule has 148 valence electrons. The van der Waals surface area contributed by atoms with E-state index in [1.54, 1.807) is 12.1 Å². The molecule has 0 aliphatic rings. The number of halogens is 5. The van der Waals surface area contributed by atoms with Gasteiger partial charge in [-0.25, -0.2) is 8.78 Å². The zero-order valence-electron chi connectivity index (χ0n) is 15.2. The van der Waals surface area contributed by atoms with Crippen molar-refractivity contribution in [3.8, 4) is 16.9 Å². The first-order valence-corrected chi connectivity index (χ1v) is 9.08. The van der Waals surface area contributed by atoms with Crippen molar-refractivity contribution in [3.63, 3.8) is 0 Å². The second-order valence-corrected chi connectivity index (χ2v) is 6.49. The van der Waals surface area contributed by atoms with Gasteiger partial charge in [-0.15, -0.1) is 0 Å². The van der Waals surface area contributed by atoms with Crippen LogP contribution < -0.4 is 4.74 Å². The number of aryl methyl sites for hydroxylation is 1. The van der Waals surface area contributed by atoms with Crippen molar-refractivity contribution in [2.45, 2.75) is 51.6 Å². The Morgan fingerprint density at radius 3 is 2.04 bits per heavy atom. The van der Waals surface area contributed by atoms with Crippen molar-refractivity contribution in [1.29, 1.82) is 0 Å². The van der Waals surface area contributed by atoms with Crippen LogP contribution in [0.4, 0.5) is 22.0 Å². The Balaban J connectivity index is 2.02. The highest BCUT2D eigenvalue weighted by Gasteiger charge is 2.26. The van der Waals surface area contributed by atoms with Gasteiger partial charge in [0.2, 0.25) is 0 Å². The number of rotatable bonds is 9. The Labute approximate surface area is 156 Å². The SMILES string of the molecule is CCCCCc1ccc(-c2cc(F)c(OCCCC(F)(F)F)c(F)c2)cc1. The molecule has 0 bridgehead atoms. The molecular weight excluding hydrogens is 363 g/mol. The summed E-state index contributed by atoms with van der Waals surface area (Å²) < 4.78 is 69.5. The molecule has 0 N–H and O–H groups in total. The summed E-state index contributed by atoms with van der Waals surface area (Å²) in [5.41, 5.74) is 2.18. The van der Waals surface area contributed by atoms with Crippen molar-refractivity contribution in [2.75, 3.05) is 6.61 Å². The lowest BCUT2D eigenvalue weighted by atomic mass is 10.0. The Morgan fingerprint density at radius 2 is 1.48 bits per heavy atom. The van der Waals surface area contributed by atoms with Crippen molar-refractivity contribution >= 4 is 0 Å². The number of ether oxygens (including phenoxy) is 1. The Kier molecular flexibility index (Phi) is 7.63. The lowest BCUT2D eigenvalue weighted by Gasteiger charge is -2.11. The monoisotopic (exact) mass is 386 g/mol. The number of benzene rings is 2. The summed E-state index contributed by atoms with van der Waals surface area (Å²) in [6.07, 6.45) is -1.37. The second-order valence-electron chi connectivity index (χ2n) is 6.49. The zero-order chi connectivity index (χ0) is 19.9. The van der Waals surface area contributed by atoms with Crippen molar-refractivity contribution < 1.29 is 26.7 Å². The normalized spacial score (nSPS) is 11.6. The lowest BCUT2D eigenvalue weighted by molar-refractivity contribution is -0.136. The summed E-state index contributed by atoms with van der Waals surface area (Å²) in [6.45, 7) is 1.73. The van der Waals surface area contributed by atoms with Crippen molar-refractivity contribution in [1.82, 2.24) is 0 Å². The first-order chi connectivity index (χ1) is 12.8. The molecular formula is C21H23F5O. The lowest BCUT2D eigenvalue weighted by Crippen LogP contribution is -2.10. The van der Waals surface area contributed by atoms with Crippen LogP contribution in [0, 0.1) is 11.6 Å². The van der Waals surface area contributed by atoms with Gasteiger partial charge < -0.3 is 4.74 Å². The number of alkyl halides is 3. The molecule has 1 nitrogen and oxygen atoms in total. The number of hydrogen-bond acceptors (Lipinski definition) is 1. The fraction of sp³-hybridized carbons (Fsp3) is 0.429. The molecule has 0 saturated heterocycles. The molecule has 0 aromatic heterocycles. The molecule has 0 atom stereocenters. The van der Waals surface area contributed by atoms with Gasteiger partial charge in [0.05, 0.1) is 6.61 Å². The van der Waals surface area contributed by atoms with Crippen LogP contribution in [0.5, 0.6) is 5.75 Å². The quantitative estimate of drug-likeness (QED) is 0.330. The fourth-order valence-corrected chi connectivity index (χ4v) is 2.75. The Morgan fingerprint density at radius 1 is 0.852 bits per heavy atom. The summed E-state index contributed by atoms with van der Waals surface area (Å²) >= 11 is 0. The average molecular weight is 386 g/mol. The Hall–Kier alpha value is -2.11. The maximum atomic E-state index is 14.2. The second kappa shape index (κ2) is 9.72. The van der Waals surface area contributed by atoms with Gasteiger partial charge in [0.15, 0.2) is 17.4 Å².